The van der Waals surface area contributed by atoms with Gasteiger partial charge >= 0.3 is 0 Å². The molecule has 1 fully saturated rings. The van der Waals surface area contributed by atoms with E-state index in [2.05, 4.69) is 20.3 Å². The van der Waals surface area contributed by atoms with Gasteiger partial charge in [0.15, 0.2) is 5.75 Å². The van der Waals surface area contributed by atoms with Gasteiger partial charge in [-0.2, -0.15) is 0 Å². The van der Waals surface area contributed by atoms with E-state index in [0.717, 1.165) is 49.0 Å². The van der Waals surface area contributed by atoms with Gasteiger partial charge in [0.25, 0.3) is 5.91 Å². The van der Waals surface area contributed by atoms with Gasteiger partial charge in [-0.25, -0.2) is 8.42 Å². The Labute approximate surface area is 249 Å². The average Bonchev–Trinajstić information content (AvgIpc) is 3.17. The van der Waals surface area contributed by atoms with E-state index in [4.69, 9.17) is 9.47 Å². The number of carbonyl (C=O) groups excluding carboxylic acids is 1. The lowest BCUT2D eigenvalue weighted by atomic mass is 9.86. The van der Waals surface area contributed by atoms with Crippen LogP contribution < -0.4 is 24.8 Å². The second kappa shape index (κ2) is 13.1. The molecule has 2 heterocycles. The minimum absolute atomic E-state index is 0.221. The van der Waals surface area contributed by atoms with Crippen molar-refractivity contribution in [3.63, 3.8) is 0 Å². The van der Waals surface area contributed by atoms with Crippen LogP contribution in [-0.2, 0) is 21.9 Å². The van der Waals surface area contributed by atoms with Gasteiger partial charge in [0.1, 0.15) is 11.5 Å². The topological polar surface area (TPSA) is 119 Å². The second-order valence-electron chi connectivity index (χ2n) is 12.0. The number of methoxy groups -OCH3 is 1. The van der Waals surface area contributed by atoms with Crippen molar-refractivity contribution in [1.29, 1.82) is 0 Å². The predicted octanol–water partition coefficient (Wildman–Crippen LogP) is 6.04. The Hall–Kier alpha value is -3.63. The largest absolute Gasteiger partial charge is 0.492 e. The SMILES string of the molecule is COc1c(NC(=O)c2ccc(C)c(Oc3ccnc(CC4CCCNCC4)c3)c2)cc(C(C)(C)C)cc1NS(C)(=O)=O. The quantitative estimate of drug-likeness (QED) is 0.276. The molecule has 0 radical (unpaired) electrons. The molecule has 0 aliphatic carbocycles. The third kappa shape index (κ3) is 8.45. The highest BCUT2D eigenvalue weighted by molar-refractivity contribution is 7.92. The highest BCUT2D eigenvalue weighted by Crippen LogP contribution is 2.39. The Morgan fingerprint density at radius 1 is 1.07 bits per heavy atom. The number of ether oxygens (including phenoxy) is 2. The van der Waals surface area contributed by atoms with E-state index < -0.39 is 10.0 Å². The molecule has 3 aromatic rings. The molecule has 1 unspecified atom stereocenters. The molecule has 0 saturated carbocycles. The van der Waals surface area contributed by atoms with Crippen LogP contribution in [0, 0.1) is 12.8 Å². The van der Waals surface area contributed by atoms with E-state index in [-0.39, 0.29) is 22.8 Å². The van der Waals surface area contributed by atoms with Gasteiger partial charge in [-0.3, -0.25) is 14.5 Å². The molecule has 1 saturated heterocycles. The number of carbonyl (C=O) groups is 1. The zero-order chi connectivity index (χ0) is 30.5. The van der Waals surface area contributed by atoms with Crippen LogP contribution in [0.3, 0.4) is 0 Å². The van der Waals surface area contributed by atoms with Crippen molar-refractivity contribution < 1.29 is 22.7 Å². The van der Waals surface area contributed by atoms with Crippen LogP contribution in [-0.4, -0.2) is 45.8 Å². The predicted molar refractivity (Wildman–Crippen MR) is 168 cm³/mol. The lowest BCUT2D eigenvalue weighted by Crippen LogP contribution is -2.18. The zero-order valence-electron chi connectivity index (χ0n) is 25.3. The molecule has 4 rings (SSSR count). The van der Waals surface area contributed by atoms with Gasteiger partial charge in [-0.1, -0.05) is 26.8 Å². The first-order chi connectivity index (χ1) is 19.8. The van der Waals surface area contributed by atoms with Crippen LogP contribution in [0.1, 0.15) is 67.2 Å². The summed E-state index contributed by atoms with van der Waals surface area (Å²) in [5, 5.41) is 6.38. The number of sulfonamides is 1. The summed E-state index contributed by atoms with van der Waals surface area (Å²) in [6.45, 7) is 10.1. The second-order valence-corrected chi connectivity index (χ2v) is 13.7. The van der Waals surface area contributed by atoms with Crippen LogP contribution in [0.25, 0.3) is 0 Å². The van der Waals surface area contributed by atoms with Crippen molar-refractivity contribution in [2.75, 3.05) is 36.5 Å². The molecule has 1 amide bonds. The first-order valence-electron chi connectivity index (χ1n) is 14.3. The standard InChI is InChI=1S/C32H42N4O5S/c1-21-9-10-23(17-29(21)41-26-12-15-34-25(20-26)16-22-8-7-13-33-14-11-22)31(37)35-27-18-24(32(2,3)4)19-28(30(27)40-5)36-42(6,38)39/h9-10,12,15,17-20,22,33,36H,7-8,11,13-14,16H2,1-6H3,(H,35,37). The van der Waals surface area contributed by atoms with Crippen molar-refractivity contribution in [3.05, 3.63) is 71.0 Å². The molecule has 1 aliphatic rings. The number of hydrogen-bond donors (Lipinski definition) is 3. The summed E-state index contributed by atoms with van der Waals surface area (Å²) < 4.78 is 38.4. The van der Waals surface area contributed by atoms with Gasteiger partial charge in [-0.05, 0) is 98.5 Å². The number of nitrogens with zero attached hydrogens (tertiary/aromatic N) is 1. The number of aryl methyl sites for hydroxylation is 1. The molecule has 1 aromatic heterocycles. The number of pyridine rings is 1. The minimum atomic E-state index is -3.59. The Kier molecular flexibility index (Phi) is 9.78. The number of benzene rings is 2. The fraction of sp³-hybridized carbons (Fsp3) is 0.438. The number of rotatable bonds is 9. The maximum atomic E-state index is 13.5. The highest BCUT2D eigenvalue weighted by atomic mass is 32.2. The van der Waals surface area contributed by atoms with Crippen LogP contribution in [0.4, 0.5) is 11.4 Å². The maximum Gasteiger partial charge on any atom is 0.255 e. The van der Waals surface area contributed by atoms with E-state index in [1.54, 1.807) is 30.5 Å². The van der Waals surface area contributed by atoms with Gasteiger partial charge in [0, 0.05) is 23.5 Å². The number of amides is 1. The van der Waals surface area contributed by atoms with E-state index in [1.165, 1.54) is 20.0 Å². The molecule has 3 N–H and O–H groups in total. The normalized spacial score (nSPS) is 15.9. The fourth-order valence-electron chi connectivity index (χ4n) is 5.05. The third-order valence-electron chi connectivity index (χ3n) is 7.36. The Morgan fingerprint density at radius 2 is 1.83 bits per heavy atom. The molecule has 1 atom stereocenters. The minimum Gasteiger partial charge on any atom is -0.492 e. The summed E-state index contributed by atoms with van der Waals surface area (Å²) in [5.74, 6) is 1.67. The van der Waals surface area contributed by atoms with Crippen LogP contribution in [0.2, 0.25) is 0 Å². The van der Waals surface area contributed by atoms with E-state index in [0.29, 0.717) is 28.7 Å². The van der Waals surface area contributed by atoms with Crippen LogP contribution in [0.15, 0.2) is 48.7 Å². The lowest BCUT2D eigenvalue weighted by Gasteiger charge is -2.24. The number of nitrogens with one attached hydrogen (secondary N) is 3. The number of anilines is 2. The monoisotopic (exact) mass is 594 g/mol. The zero-order valence-corrected chi connectivity index (χ0v) is 26.2. The van der Waals surface area contributed by atoms with Crippen LogP contribution in [0.5, 0.6) is 17.2 Å². The average molecular weight is 595 g/mol. The number of hydrogen-bond acceptors (Lipinski definition) is 7. The molecular weight excluding hydrogens is 552 g/mol. The van der Waals surface area contributed by atoms with E-state index >= 15 is 0 Å². The lowest BCUT2D eigenvalue weighted by molar-refractivity contribution is 0.102. The van der Waals surface area contributed by atoms with Gasteiger partial charge in [0.05, 0.1) is 24.7 Å². The summed E-state index contributed by atoms with van der Waals surface area (Å²) in [7, 11) is -2.16. The first kappa shape index (κ1) is 31.3. The van der Waals surface area contributed by atoms with E-state index in [9.17, 15) is 13.2 Å². The first-order valence-corrected chi connectivity index (χ1v) is 16.2. The van der Waals surface area contributed by atoms with Crippen molar-refractivity contribution in [2.45, 2.75) is 58.8 Å². The van der Waals surface area contributed by atoms with Gasteiger partial charge in [-0.15, -0.1) is 0 Å². The Bertz CT molecular complexity index is 1520. The summed E-state index contributed by atoms with van der Waals surface area (Å²) in [6.07, 6.45) is 7.25. The van der Waals surface area contributed by atoms with Crippen molar-refractivity contribution in [2.24, 2.45) is 5.92 Å². The molecule has 42 heavy (non-hydrogen) atoms. The fourth-order valence-corrected chi connectivity index (χ4v) is 5.60. The molecule has 10 heteroatoms. The molecule has 9 nitrogen and oxygen atoms in total. The number of aromatic nitrogens is 1. The summed E-state index contributed by atoms with van der Waals surface area (Å²) >= 11 is 0. The smallest absolute Gasteiger partial charge is 0.255 e. The molecule has 0 bridgehead atoms. The molecule has 0 spiro atoms. The molecule has 226 valence electrons. The van der Waals surface area contributed by atoms with E-state index in [1.807, 2.05) is 45.9 Å². The Morgan fingerprint density at radius 3 is 2.55 bits per heavy atom. The van der Waals surface area contributed by atoms with Crippen molar-refractivity contribution in [3.8, 4) is 17.2 Å². The highest BCUT2D eigenvalue weighted by Gasteiger charge is 2.23. The Balaban J connectivity index is 1.58. The van der Waals surface area contributed by atoms with Crippen LogP contribution >= 0.6 is 0 Å². The van der Waals surface area contributed by atoms with Crippen molar-refractivity contribution in [1.82, 2.24) is 10.3 Å². The summed E-state index contributed by atoms with van der Waals surface area (Å²) in [4.78, 5) is 18.1. The van der Waals surface area contributed by atoms with Gasteiger partial charge in [0.2, 0.25) is 10.0 Å². The summed E-state index contributed by atoms with van der Waals surface area (Å²) in [6, 6.07) is 12.6. The molecule has 2 aromatic carbocycles. The molecule has 1 aliphatic heterocycles. The maximum absolute atomic E-state index is 13.5. The van der Waals surface area contributed by atoms with Gasteiger partial charge < -0.3 is 20.1 Å². The van der Waals surface area contributed by atoms with Crippen molar-refractivity contribution >= 4 is 27.3 Å². The summed E-state index contributed by atoms with van der Waals surface area (Å²) in [5.41, 5.74) is 3.38. The third-order valence-corrected chi connectivity index (χ3v) is 7.95. The molecular formula is C32H42N4O5S.